The second-order valence-corrected chi connectivity index (χ2v) is 4.50. The quantitative estimate of drug-likeness (QED) is 0.680. The van der Waals surface area contributed by atoms with Gasteiger partial charge in [-0.15, -0.1) is 0 Å². The number of nitro benzene ring substituents is 1. The van der Waals surface area contributed by atoms with Crippen LogP contribution in [0.2, 0.25) is 0 Å². The molecule has 0 aliphatic carbocycles. The first-order chi connectivity index (χ1) is 9.49. The summed E-state index contributed by atoms with van der Waals surface area (Å²) in [5.74, 6) is 1.02. The van der Waals surface area contributed by atoms with Crippen molar-refractivity contribution in [3.8, 4) is 11.5 Å². The summed E-state index contributed by atoms with van der Waals surface area (Å²) in [5, 5.41) is 20.3. The second kappa shape index (κ2) is 5.71. The summed E-state index contributed by atoms with van der Waals surface area (Å²) in [6.07, 6.45) is -0.538. The van der Waals surface area contributed by atoms with Crippen molar-refractivity contribution in [1.82, 2.24) is 0 Å². The molecule has 2 aromatic rings. The van der Waals surface area contributed by atoms with Gasteiger partial charge in [0.15, 0.2) is 0 Å². The highest BCUT2D eigenvalue weighted by atomic mass is 16.6. The smallest absolute Gasteiger partial charge is 0.276 e. The van der Waals surface area contributed by atoms with E-state index in [0.29, 0.717) is 17.1 Å². The summed E-state index contributed by atoms with van der Waals surface area (Å²) in [6, 6.07) is 11.7. The Balaban J connectivity index is 2.26. The van der Waals surface area contributed by atoms with Gasteiger partial charge < -0.3 is 9.84 Å². The van der Waals surface area contributed by atoms with E-state index in [1.165, 1.54) is 6.07 Å². The van der Waals surface area contributed by atoms with Crippen molar-refractivity contribution >= 4 is 5.69 Å². The van der Waals surface area contributed by atoms with Crippen molar-refractivity contribution < 1.29 is 14.8 Å². The summed E-state index contributed by atoms with van der Waals surface area (Å²) in [6.45, 7) is 3.33. The van der Waals surface area contributed by atoms with Crippen LogP contribution in [0.4, 0.5) is 5.69 Å². The largest absolute Gasteiger partial charge is 0.457 e. The lowest BCUT2D eigenvalue weighted by Crippen LogP contribution is -1.95. The number of aliphatic hydroxyl groups excluding tert-OH is 1. The minimum Gasteiger partial charge on any atom is -0.457 e. The number of benzene rings is 2. The average Bonchev–Trinajstić information content (AvgIpc) is 2.41. The van der Waals surface area contributed by atoms with E-state index in [-0.39, 0.29) is 5.69 Å². The molecule has 0 radical (unpaired) electrons. The Labute approximate surface area is 116 Å². The Morgan fingerprint density at radius 1 is 1.20 bits per heavy atom. The predicted octanol–water partition coefficient (Wildman–Crippen LogP) is 3.75. The summed E-state index contributed by atoms with van der Waals surface area (Å²) in [7, 11) is 0. The van der Waals surface area contributed by atoms with Crippen molar-refractivity contribution in [3.05, 3.63) is 63.7 Å². The Hall–Kier alpha value is -2.40. The molecule has 104 valence electrons. The molecule has 0 aliphatic rings. The number of nitrogens with zero attached hydrogens (tertiary/aromatic N) is 1. The van der Waals surface area contributed by atoms with Gasteiger partial charge in [-0.2, -0.15) is 0 Å². The first kappa shape index (κ1) is 14.0. The van der Waals surface area contributed by atoms with Gasteiger partial charge in [0.25, 0.3) is 5.69 Å². The van der Waals surface area contributed by atoms with Crippen molar-refractivity contribution in [2.24, 2.45) is 0 Å². The van der Waals surface area contributed by atoms with Crippen LogP contribution in [0.1, 0.15) is 24.2 Å². The van der Waals surface area contributed by atoms with Crippen LogP contribution >= 0.6 is 0 Å². The molecule has 1 N–H and O–H groups in total. The third-order valence-electron chi connectivity index (χ3n) is 3.04. The van der Waals surface area contributed by atoms with Crippen molar-refractivity contribution in [1.29, 1.82) is 0 Å². The molecule has 0 saturated carbocycles. The first-order valence-electron chi connectivity index (χ1n) is 6.19. The van der Waals surface area contributed by atoms with Gasteiger partial charge in [0.05, 0.1) is 16.6 Å². The lowest BCUT2D eigenvalue weighted by atomic mass is 10.1. The normalized spacial score (nSPS) is 11.9. The van der Waals surface area contributed by atoms with Crippen molar-refractivity contribution in [3.63, 3.8) is 0 Å². The van der Waals surface area contributed by atoms with E-state index >= 15 is 0 Å². The summed E-state index contributed by atoms with van der Waals surface area (Å²) in [5.41, 5.74) is 1.30. The fourth-order valence-electron chi connectivity index (χ4n) is 1.85. The van der Waals surface area contributed by atoms with E-state index in [4.69, 9.17) is 4.74 Å². The molecule has 5 heteroatoms. The molecular weight excluding hydrogens is 258 g/mol. The number of aliphatic hydroxyl groups is 1. The SMILES string of the molecule is Cc1c(Oc2ccc(C(C)O)cc2)cccc1[N+](=O)[O-]. The first-order valence-corrected chi connectivity index (χ1v) is 6.19. The number of rotatable bonds is 4. The predicted molar refractivity (Wildman–Crippen MR) is 75.0 cm³/mol. The van der Waals surface area contributed by atoms with E-state index in [1.54, 1.807) is 50.2 Å². The zero-order valence-corrected chi connectivity index (χ0v) is 11.2. The highest BCUT2D eigenvalue weighted by molar-refractivity contribution is 5.49. The Morgan fingerprint density at radius 3 is 2.40 bits per heavy atom. The van der Waals surface area contributed by atoms with Gasteiger partial charge in [-0.05, 0) is 37.6 Å². The van der Waals surface area contributed by atoms with Crippen LogP contribution < -0.4 is 4.74 Å². The monoisotopic (exact) mass is 273 g/mol. The number of hydrogen-bond acceptors (Lipinski definition) is 4. The number of ether oxygens (including phenoxy) is 1. The zero-order chi connectivity index (χ0) is 14.7. The molecule has 1 unspecified atom stereocenters. The summed E-state index contributed by atoms with van der Waals surface area (Å²) in [4.78, 5) is 10.4. The van der Waals surface area contributed by atoms with Crippen molar-refractivity contribution in [2.75, 3.05) is 0 Å². The van der Waals surface area contributed by atoms with Gasteiger partial charge in [0.1, 0.15) is 11.5 Å². The van der Waals surface area contributed by atoms with Gasteiger partial charge >= 0.3 is 0 Å². The second-order valence-electron chi connectivity index (χ2n) is 4.50. The van der Waals surface area contributed by atoms with E-state index in [1.807, 2.05) is 0 Å². The highest BCUT2D eigenvalue weighted by Gasteiger charge is 2.14. The lowest BCUT2D eigenvalue weighted by molar-refractivity contribution is -0.385. The van der Waals surface area contributed by atoms with Gasteiger partial charge in [-0.3, -0.25) is 10.1 Å². The summed E-state index contributed by atoms with van der Waals surface area (Å²) < 4.78 is 5.65. The molecule has 0 heterocycles. The number of nitro groups is 1. The van der Waals surface area contributed by atoms with Crippen LogP contribution in [0.15, 0.2) is 42.5 Å². The van der Waals surface area contributed by atoms with Gasteiger partial charge in [0, 0.05) is 6.07 Å². The van der Waals surface area contributed by atoms with Crippen LogP contribution in [0, 0.1) is 17.0 Å². The molecule has 0 amide bonds. The zero-order valence-electron chi connectivity index (χ0n) is 11.2. The standard InChI is InChI=1S/C15H15NO4/c1-10-14(16(18)19)4-3-5-15(10)20-13-8-6-12(7-9-13)11(2)17/h3-9,11,17H,1-2H3. The maximum atomic E-state index is 10.9. The minimum absolute atomic E-state index is 0.0306. The topological polar surface area (TPSA) is 72.6 Å². The molecule has 1 atom stereocenters. The average molecular weight is 273 g/mol. The molecule has 20 heavy (non-hydrogen) atoms. The Bertz CT molecular complexity index is 620. The molecule has 0 bridgehead atoms. The van der Waals surface area contributed by atoms with E-state index in [0.717, 1.165) is 5.56 Å². The Morgan fingerprint density at radius 2 is 1.85 bits per heavy atom. The molecule has 0 aliphatic heterocycles. The van der Waals surface area contributed by atoms with Crippen LogP contribution in [-0.2, 0) is 0 Å². The van der Waals surface area contributed by atoms with Crippen LogP contribution in [-0.4, -0.2) is 10.0 Å². The maximum absolute atomic E-state index is 10.9. The highest BCUT2D eigenvalue weighted by Crippen LogP contribution is 2.31. The van der Waals surface area contributed by atoms with Gasteiger partial charge in [-0.1, -0.05) is 18.2 Å². The van der Waals surface area contributed by atoms with E-state index < -0.39 is 11.0 Å². The molecule has 2 aromatic carbocycles. The molecule has 0 fully saturated rings. The fourth-order valence-corrected chi connectivity index (χ4v) is 1.85. The molecule has 0 spiro atoms. The van der Waals surface area contributed by atoms with Gasteiger partial charge in [-0.25, -0.2) is 0 Å². The number of hydrogen-bond donors (Lipinski definition) is 1. The Kier molecular flexibility index (Phi) is 4.00. The van der Waals surface area contributed by atoms with Crippen LogP contribution in [0.25, 0.3) is 0 Å². The van der Waals surface area contributed by atoms with Crippen LogP contribution in [0.5, 0.6) is 11.5 Å². The van der Waals surface area contributed by atoms with Crippen LogP contribution in [0.3, 0.4) is 0 Å². The third kappa shape index (κ3) is 2.95. The van der Waals surface area contributed by atoms with E-state index in [2.05, 4.69) is 0 Å². The molecule has 5 nitrogen and oxygen atoms in total. The van der Waals surface area contributed by atoms with Crippen molar-refractivity contribution in [2.45, 2.75) is 20.0 Å². The third-order valence-corrected chi connectivity index (χ3v) is 3.04. The maximum Gasteiger partial charge on any atom is 0.276 e. The summed E-state index contributed by atoms with van der Waals surface area (Å²) >= 11 is 0. The fraction of sp³-hybridized carbons (Fsp3) is 0.200. The molecule has 0 aromatic heterocycles. The molecular formula is C15H15NO4. The lowest BCUT2D eigenvalue weighted by Gasteiger charge is -2.10. The van der Waals surface area contributed by atoms with Gasteiger partial charge in [0.2, 0.25) is 0 Å². The molecule has 0 saturated heterocycles. The minimum atomic E-state index is -0.538. The molecule has 2 rings (SSSR count). The van der Waals surface area contributed by atoms with E-state index in [9.17, 15) is 15.2 Å².